The predicted octanol–water partition coefficient (Wildman–Crippen LogP) is 0.0894. The minimum absolute atomic E-state index is 0.218. The Labute approximate surface area is 71.5 Å². The molecular formula is C8H14O4. The van der Waals surface area contributed by atoms with Gasteiger partial charge in [0.05, 0.1) is 19.3 Å². The van der Waals surface area contributed by atoms with E-state index in [9.17, 15) is 4.79 Å². The van der Waals surface area contributed by atoms with Gasteiger partial charge in [-0.05, 0) is 13.8 Å². The van der Waals surface area contributed by atoms with Gasteiger partial charge in [-0.25, -0.2) is 4.79 Å². The lowest BCUT2D eigenvalue weighted by atomic mass is 10.0. The first kappa shape index (κ1) is 9.48. The summed E-state index contributed by atoms with van der Waals surface area (Å²) in [6.45, 7) is 3.94. The minimum atomic E-state index is -0.935. The van der Waals surface area contributed by atoms with Crippen LogP contribution in [0.25, 0.3) is 0 Å². The minimum Gasteiger partial charge on any atom is -0.464 e. The third-order valence-electron chi connectivity index (χ3n) is 1.93. The zero-order valence-corrected chi connectivity index (χ0v) is 7.37. The highest BCUT2D eigenvalue weighted by molar-refractivity contribution is 5.79. The van der Waals surface area contributed by atoms with Crippen LogP contribution >= 0.6 is 0 Å². The Morgan fingerprint density at radius 2 is 2.50 bits per heavy atom. The highest BCUT2D eigenvalue weighted by Crippen LogP contribution is 2.26. The van der Waals surface area contributed by atoms with Gasteiger partial charge in [-0.15, -0.1) is 0 Å². The van der Waals surface area contributed by atoms with Gasteiger partial charge < -0.3 is 14.6 Å². The molecule has 1 heterocycles. The molecule has 12 heavy (non-hydrogen) atoms. The van der Waals surface area contributed by atoms with Gasteiger partial charge in [0.25, 0.3) is 0 Å². The SMILES string of the molecule is CCOC(=O)C1(C)CC(O)CO1. The quantitative estimate of drug-likeness (QED) is 0.603. The van der Waals surface area contributed by atoms with Gasteiger partial charge in [0.15, 0.2) is 5.60 Å². The Kier molecular flexibility index (Phi) is 2.69. The van der Waals surface area contributed by atoms with Gasteiger partial charge in [0.1, 0.15) is 0 Å². The molecule has 0 aliphatic carbocycles. The topological polar surface area (TPSA) is 55.8 Å². The van der Waals surface area contributed by atoms with Crippen LogP contribution in [0.3, 0.4) is 0 Å². The number of aliphatic hydroxyl groups excluding tert-OH is 1. The predicted molar refractivity (Wildman–Crippen MR) is 41.6 cm³/mol. The monoisotopic (exact) mass is 174 g/mol. The largest absolute Gasteiger partial charge is 0.464 e. The van der Waals surface area contributed by atoms with Crippen molar-refractivity contribution in [3.8, 4) is 0 Å². The van der Waals surface area contributed by atoms with Gasteiger partial charge in [0.2, 0.25) is 0 Å². The van der Waals surface area contributed by atoms with Gasteiger partial charge in [-0.3, -0.25) is 0 Å². The third kappa shape index (κ3) is 1.76. The van der Waals surface area contributed by atoms with E-state index in [-0.39, 0.29) is 12.6 Å². The summed E-state index contributed by atoms with van der Waals surface area (Å²) in [4.78, 5) is 11.3. The van der Waals surface area contributed by atoms with E-state index in [0.29, 0.717) is 13.0 Å². The van der Waals surface area contributed by atoms with Crippen LogP contribution in [0.2, 0.25) is 0 Å². The number of rotatable bonds is 2. The molecule has 70 valence electrons. The van der Waals surface area contributed by atoms with Gasteiger partial charge in [-0.1, -0.05) is 0 Å². The summed E-state index contributed by atoms with van der Waals surface area (Å²) in [7, 11) is 0. The number of esters is 1. The first-order valence-electron chi connectivity index (χ1n) is 4.08. The van der Waals surface area contributed by atoms with Crippen molar-refractivity contribution in [1.29, 1.82) is 0 Å². The standard InChI is InChI=1S/C8H14O4/c1-3-11-7(10)8(2)4-6(9)5-12-8/h6,9H,3-5H2,1-2H3. The Balaban J connectivity index is 2.54. The van der Waals surface area contributed by atoms with Crippen molar-refractivity contribution in [2.24, 2.45) is 0 Å². The molecule has 4 heteroatoms. The van der Waals surface area contributed by atoms with Crippen LogP contribution in [0.5, 0.6) is 0 Å². The fraction of sp³-hybridized carbons (Fsp3) is 0.875. The molecule has 4 nitrogen and oxygen atoms in total. The second-order valence-corrected chi connectivity index (χ2v) is 3.12. The fourth-order valence-corrected chi connectivity index (χ4v) is 1.27. The zero-order chi connectivity index (χ0) is 9.19. The molecule has 0 radical (unpaired) electrons. The van der Waals surface area contributed by atoms with Crippen molar-refractivity contribution < 1.29 is 19.4 Å². The van der Waals surface area contributed by atoms with Crippen molar-refractivity contribution in [2.75, 3.05) is 13.2 Å². The number of carbonyl (C=O) groups is 1. The average Bonchev–Trinajstić information content (AvgIpc) is 2.33. The second-order valence-electron chi connectivity index (χ2n) is 3.12. The summed E-state index contributed by atoms with van der Waals surface area (Å²) < 4.78 is 9.94. The van der Waals surface area contributed by atoms with Crippen molar-refractivity contribution in [1.82, 2.24) is 0 Å². The van der Waals surface area contributed by atoms with E-state index in [0.717, 1.165) is 0 Å². The molecule has 0 aromatic rings. The number of ether oxygens (including phenoxy) is 2. The van der Waals surface area contributed by atoms with E-state index in [4.69, 9.17) is 14.6 Å². The maximum absolute atomic E-state index is 11.3. The van der Waals surface area contributed by atoms with Crippen molar-refractivity contribution in [3.05, 3.63) is 0 Å². The molecule has 1 saturated heterocycles. The molecule has 0 amide bonds. The van der Waals surface area contributed by atoms with E-state index in [1.807, 2.05) is 0 Å². The Morgan fingerprint density at radius 1 is 1.83 bits per heavy atom. The summed E-state index contributed by atoms with van der Waals surface area (Å²) in [6, 6.07) is 0. The first-order valence-corrected chi connectivity index (χ1v) is 4.08. The number of carbonyl (C=O) groups excluding carboxylic acids is 1. The molecule has 1 fully saturated rings. The smallest absolute Gasteiger partial charge is 0.338 e. The zero-order valence-electron chi connectivity index (χ0n) is 7.37. The Hall–Kier alpha value is -0.610. The van der Waals surface area contributed by atoms with Crippen LogP contribution in [0.4, 0.5) is 0 Å². The number of aliphatic hydroxyl groups is 1. The Morgan fingerprint density at radius 3 is 2.92 bits per heavy atom. The molecule has 1 N–H and O–H groups in total. The van der Waals surface area contributed by atoms with Crippen LogP contribution in [-0.2, 0) is 14.3 Å². The molecule has 2 atom stereocenters. The lowest BCUT2D eigenvalue weighted by Crippen LogP contribution is -2.36. The van der Waals surface area contributed by atoms with E-state index in [1.165, 1.54) is 0 Å². The maximum atomic E-state index is 11.3. The van der Waals surface area contributed by atoms with E-state index in [2.05, 4.69) is 0 Å². The average molecular weight is 174 g/mol. The Bertz CT molecular complexity index is 180. The highest BCUT2D eigenvalue weighted by Gasteiger charge is 2.43. The van der Waals surface area contributed by atoms with E-state index in [1.54, 1.807) is 13.8 Å². The molecule has 2 unspecified atom stereocenters. The highest BCUT2D eigenvalue weighted by atomic mass is 16.6. The molecule has 0 bridgehead atoms. The summed E-state index contributed by atoms with van der Waals surface area (Å²) in [5, 5.41) is 9.15. The lowest BCUT2D eigenvalue weighted by Gasteiger charge is -2.19. The summed E-state index contributed by atoms with van der Waals surface area (Å²) >= 11 is 0. The first-order chi connectivity index (χ1) is 5.58. The summed E-state index contributed by atoms with van der Waals surface area (Å²) in [5.74, 6) is -0.387. The molecule has 0 aromatic carbocycles. The van der Waals surface area contributed by atoms with Crippen molar-refractivity contribution in [3.63, 3.8) is 0 Å². The number of hydrogen-bond acceptors (Lipinski definition) is 4. The van der Waals surface area contributed by atoms with Crippen LogP contribution in [0, 0.1) is 0 Å². The van der Waals surface area contributed by atoms with E-state index >= 15 is 0 Å². The fourth-order valence-electron chi connectivity index (χ4n) is 1.27. The van der Waals surface area contributed by atoms with Gasteiger partial charge in [0, 0.05) is 6.42 Å². The molecule has 0 spiro atoms. The van der Waals surface area contributed by atoms with Gasteiger partial charge in [-0.2, -0.15) is 0 Å². The molecule has 1 rings (SSSR count). The summed E-state index contributed by atoms with van der Waals surface area (Å²) in [5.41, 5.74) is -0.935. The van der Waals surface area contributed by atoms with Crippen molar-refractivity contribution in [2.45, 2.75) is 32.0 Å². The maximum Gasteiger partial charge on any atom is 0.338 e. The summed E-state index contributed by atoms with van der Waals surface area (Å²) in [6.07, 6.45) is -0.217. The second kappa shape index (κ2) is 3.41. The lowest BCUT2D eigenvalue weighted by molar-refractivity contribution is -0.164. The van der Waals surface area contributed by atoms with Crippen LogP contribution in [0.15, 0.2) is 0 Å². The van der Waals surface area contributed by atoms with Crippen LogP contribution < -0.4 is 0 Å². The third-order valence-corrected chi connectivity index (χ3v) is 1.93. The van der Waals surface area contributed by atoms with E-state index < -0.39 is 11.7 Å². The molecule has 0 saturated carbocycles. The van der Waals surface area contributed by atoms with Gasteiger partial charge >= 0.3 is 5.97 Å². The number of hydrogen-bond donors (Lipinski definition) is 1. The van der Waals surface area contributed by atoms with Crippen molar-refractivity contribution >= 4 is 5.97 Å². The molecule has 1 aliphatic heterocycles. The van der Waals surface area contributed by atoms with Crippen LogP contribution in [0.1, 0.15) is 20.3 Å². The molecule has 0 aromatic heterocycles. The normalized spacial score (nSPS) is 35.1. The van der Waals surface area contributed by atoms with Crippen LogP contribution in [-0.4, -0.2) is 36.0 Å². The molecular weight excluding hydrogens is 160 g/mol. The molecule has 1 aliphatic rings.